The van der Waals surface area contributed by atoms with Crippen LogP contribution in [-0.4, -0.2) is 12.6 Å². The first kappa shape index (κ1) is 10.7. The molecule has 0 aliphatic heterocycles. The monoisotopic (exact) mass is 194 g/mol. The second-order valence-corrected chi connectivity index (χ2v) is 2.91. The lowest BCUT2D eigenvalue weighted by Crippen LogP contribution is -2.06. The van der Waals surface area contributed by atoms with Crippen LogP contribution in [0.15, 0.2) is 30.3 Å². The number of rotatable bonds is 5. The molecule has 3 nitrogen and oxygen atoms in total. The average molecular weight is 194 g/mol. The summed E-state index contributed by atoms with van der Waals surface area (Å²) in [7, 11) is 0. The predicted octanol–water partition coefficient (Wildman–Crippen LogP) is 2.58. The molecule has 14 heavy (non-hydrogen) atoms. The summed E-state index contributed by atoms with van der Waals surface area (Å²) < 4.78 is 0. The minimum atomic E-state index is -0.443. The first-order chi connectivity index (χ1) is 6.84. The number of carbonyl (C=O) groups excluding carboxylic acids is 1. The molecule has 76 valence electrons. The van der Waals surface area contributed by atoms with Crippen LogP contribution in [0.2, 0.25) is 0 Å². The molecule has 0 aliphatic carbocycles. The van der Waals surface area contributed by atoms with E-state index >= 15 is 0 Å². The molecule has 0 bridgehead atoms. The van der Waals surface area contributed by atoms with Gasteiger partial charge < -0.3 is 0 Å². The summed E-state index contributed by atoms with van der Waals surface area (Å²) in [6.07, 6.45) is 1.91. The van der Waals surface area contributed by atoms with Gasteiger partial charge in [-0.3, -0.25) is 4.89 Å². The lowest BCUT2D eigenvalue weighted by atomic mass is 10.2. The van der Waals surface area contributed by atoms with Crippen LogP contribution in [0.1, 0.15) is 30.1 Å². The van der Waals surface area contributed by atoms with Gasteiger partial charge in [-0.25, -0.2) is 4.79 Å². The summed E-state index contributed by atoms with van der Waals surface area (Å²) in [6, 6.07) is 8.77. The Morgan fingerprint density at radius 1 is 1.29 bits per heavy atom. The summed E-state index contributed by atoms with van der Waals surface area (Å²) in [6.45, 7) is 2.50. The third-order valence-electron chi connectivity index (χ3n) is 1.73. The Morgan fingerprint density at radius 2 is 2.00 bits per heavy atom. The summed E-state index contributed by atoms with van der Waals surface area (Å²) in [5, 5.41) is 0. The summed E-state index contributed by atoms with van der Waals surface area (Å²) in [5.74, 6) is -0.443. The molecule has 0 aromatic heterocycles. The minimum absolute atomic E-state index is 0.443. The molecule has 0 heterocycles. The zero-order valence-electron chi connectivity index (χ0n) is 8.23. The Balaban J connectivity index is 2.29. The minimum Gasteiger partial charge on any atom is -0.293 e. The van der Waals surface area contributed by atoms with Crippen molar-refractivity contribution >= 4 is 5.97 Å². The third-order valence-corrected chi connectivity index (χ3v) is 1.73. The van der Waals surface area contributed by atoms with Crippen molar-refractivity contribution in [2.24, 2.45) is 0 Å². The van der Waals surface area contributed by atoms with Crippen molar-refractivity contribution in [2.75, 3.05) is 6.61 Å². The third kappa shape index (κ3) is 3.58. The summed E-state index contributed by atoms with van der Waals surface area (Å²) in [5.41, 5.74) is 0.504. The van der Waals surface area contributed by atoms with E-state index in [-0.39, 0.29) is 0 Å². The number of hydrogen-bond acceptors (Lipinski definition) is 3. The molecule has 0 N–H and O–H groups in total. The second-order valence-electron chi connectivity index (χ2n) is 2.91. The highest BCUT2D eigenvalue weighted by atomic mass is 17.2. The van der Waals surface area contributed by atoms with Crippen molar-refractivity contribution in [1.82, 2.24) is 0 Å². The molecular formula is C11H14O3. The molecule has 0 spiro atoms. The van der Waals surface area contributed by atoms with Crippen molar-refractivity contribution in [2.45, 2.75) is 19.8 Å². The van der Waals surface area contributed by atoms with E-state index < -0.39 is 5.97 Å². The molecule has 0 unspecified atom stereocenters. The summed E-state index contributed by atoms with van der Waals surface area (Å²) >= 11 is 0. The molecule has 0 aliphatic rings. The fourth-order valence-electron chi connectivity index (χ4n) is 0.921. The van der Waals surface area contributed by atoms with E-state index in [1.165, 1.54) is 0 Å². The number of hydrogen-bond donors (Lipinski definition) is 0. The maximum atomic E-state index is 11.3. The molecule has 0 fully saturated rings. The quantitative estimate of drug-likeness (QED) is 0.410. The molecule has 0 saturated heterocycles. The van der Waals surface area contributed by atoms with E-state index in [1.807, 2.05) is 13.0 Å². The SMILES string of the molecule is CCCCOOC(=O)c1ccccc1. The van der Waals surface area contributed by atoms with Crippen LogP contribution >= 0.6 is 0 Å². The largest absolute Gasteiger partial charge is 0.373 e. The van der Waals surface area contributed by atoms with E-state index in [0.717, 1.165) is 12.8 Å². The molecule has 3 heteroatoms. The molecule has 0 radical (unpaired) electrons. The normalized spacial score (nSPS) is 9.79. The van der Waals surface area contributed by atoms with Gasteiger partial charge in [0.1, 0.15) is 0 Å². The second kappa shape index (κ2) is 6.16. The van der Waals surface area contributed by atoms with Crippen molar-refractivity contribution in [3.8, 4) is 0 Å². The van der Waals surface area contributed by atoms with Gasteiger partial charge in [-0.2, -0.15) is 4.89 Å². The highest BCUT2D eigenvalue weighted by Crippen LogP contribution is 2.01. The zero-order chi connectivity index (χ0) is 10.2. The fraction of sp³-hybridized carbons (Fsp3) is 0.364. The lowest BCUT2D eigenvalue weighted by molar-refractivity contribution is -0.241. The van der Waals surface area contributed by atoms with Gasteiger partial charge in [-0.1, -0.05) is 31.5 Å². The smallest absolute Gasteiger partial charge is 0.293 e. The number of unbranched alkanes of at least 4 members (excludes halogenated alkanes) is 1. The van der Waals surface area contributed by atoms with Gasteiger partial charge >= 0.3 is 5.97 Å². The topological polar surface area (TPSA) is 35.5 Å². The predicted molar refractivity (Wildman–Crippen MR) is 52.7 cm³/mol. The Hall–Kier alpha value is -1.35. The highest BCUT2D eigenvalue weighted by Gasteiger charge is 2.05. The zero-order valence-corrected chi connectivity index (χ0v) is 8.23. The van der Waals surface area contributed by atoms with Crippen molar-refractivity contribution in [3.05, 3.63) is 35.9 Å². The van der Waals surface area contributed by atoms with Crippen molar-refractivity contribution in [3.63, 3.8) is 0 Å². The average Bonchev–Trinajstić information content (AvgIpc) is 2.25. The maximum Gasteiger partial charge on any atom is 0.373 e. The van der Waals surface area contributed by atoms with E-state index in [2.05, 4.69) is 4.89 Å². The standard InChI is InChI=1S/C11H14O3/c1-2-3-9-13-14-11(12)10-7-5-4-6-8-10/h4-8H,2-3,9H2,1H3. The Kier molecular flexibility index (Phi) is 4.72. The Bertz CT molecular complexity index is 269. The Labute approximate surface area is 83.6 Å². The lowest BCUT2D eigenvalue weighted by Gasteiger charge is -2.02. The van der Waals surface area contributed by atoms with Crippen LogP contribution in [0.3, 0.4) is 0 Å². The van der Waals surface area contributed by atoms with Crippen molar-refractivity contribution < 1.29 is 14.6 Å². The van der Waals surface area contributed by atoms with Crippen LogP contribution in [0, 0.1) is 0 Å². The molecule has 0 atom stereocenters. The molecule has 1 aromatic carbocycles. The van der Waals surface area contributed by atoms with Crippen LogP contribution in [0.5, 0.6) is 0 Å². The van der Waals surface area contributed by atoms with Gasteiger partial charge in [-0.15, -0.1) is 0 Å². The maximum absolute atomic E-state index is 11.3. The van der Waals surface area contributed by atoms with Gasteiger partial charge in [0.2, 0.25) is 0 Å². The first-order valence-corrected chi connectivity index (χ1v) is 4.73. The molecule has 1 aromatic rings. The van der Waals surface area contributed by atoms with Gasteiger partial charge in [0.25, 0.3) is 0 Å². The van der Waals surface area contributed by atoms with Crippen LogP contribution in [-0.2, 0) is 9.78 Å². The molecule has 1 rings (SSSR count). The van der Waals surface area contributed by atoms with E-state index in [9.17, 15) is 4.79 Å². The van der Waals surface area contributed by atoms with E-state index in [1.54, 1.807) is 24.3 Å². The number of carbonyl (C=O) groups is 1. The first-order valence-electron chi connectivity index (χ1n) is 4.73. The molecule has 0 saturated carbocycles. The van der Waals surface area contributed by atoms with Crippen LogP contribution in [0.4, 0.5) is 0 Å². The van der Waals surface area contributed by atoms with Crippen LogP contribution in [0.25, 0.3) is 0 Å². The van der Waals surface area contributed by atoms with Gasteiger partial charge in [0.05, 0.1) is 12.2 Å². The van der Waals surface area contributed by atoms with Gasteiger partial charge in [0, 0.05) is 0 Å². The fourth-order valence-corrected chi connectivity index (χ4v) is 0.921. The molecular weight excluding hydrogens is 180 g/mol. The molecule has 0 amide bonds. The van der Waals surface area contributed by atoms with Crippen LogP contribution < -0.4 is 0 Å². The highest BCUT2D eigenvalue weighted by molar-refractivity contribution is 5.88. The number of benzene rings is 1. The van der Waals surface area contributed by atoms with Gasteiger partial charge in [0.15, 0.2) is 0 Å². The van der Waals surface area contributed by atoms with E-state index in [0.29, 0.717) is 12.2 Å². The van der Waals surface area contributed by atoms with Gasteiger partial charge in [-0.05, 0) is 18.6 Å². The summed E-state index contributed by atoms with van der Waals surface area (Å²) in [4.78, 5) is 20.6. The Morgan fingerprint density at radius 3 is 2.64 bits per heavy atom. The van der Waals surface area contributed by atoms with Crippen molar-refractivity contribution in [1.29, 1.82) is 0 Å². The van der Waals surface area contributed by atoms with E-state index in [4.69, 9.17) is 4.89 Å².